The van der Waals surface area contributed by atoms with Crippen LogP contribution in [0.5, 0.6) is 0 Å². The molecule has 0 fully saturated rings. The maximum atomic E-state index is 12.7. The number of benzene rings is 1. The molecule has 7 nitrogen and oxygen atoms in total. The number of amides is 2. The third-order valence-electron chi connectivity index (χ3n) is 5.46. The van der Waals surface area contributed by atoms with E-state index >= 15 is 0 Å². The summed E-state index contributed by atoms with van der Waals surface area (Å²) in [4.78, 5) is 39.6. The zero-order valence-corrected chi connectivity index (χ0v) is 19.2. The molecule has 8 heteroatoms. The first-order chi connectivity index (χ1) is 16.1. The lowest BCUT2D eigenvalue weighted by atomic mass is 9.95. The van der Waals surface area contributed by atoms with Gasteiger partial charge in [-0.05, 0) is 47.7 Å². The van der Waals surface area contributed by atoms with Crippen molar-refractivity contribution >= 4 is 29.7 Å². The zero-order valence-electron chi connectivity index (χ0n) is 18.4. The first kappa shape index (κ1) is 22.7. The van der Waals surface area contributed by atoms with Crippen LogP contribution in [0.1, 0.15) is 27.9 Å². The van der Waals surface area contributed by atoms with Crippen LogP contribution < -0.4 is 5.32 Å². The molecule has 0 saturated carbocycles. The molecule has 3 aromatic rings. The highest BCUT2D eigenvalue weighted by atomic mass is 32.2. The van der Waals surface area contributed by atoms with Gasteiger partial charge in [-0.3, -0.25) is 14.6 Å². The van der Waals surface area contributed by atoms with Gasteiger partial charge in [-0.2, -0.15) is 0 Å². The quantitative estimate of drug-likeness (QED) is 0.332. The molecule has 0 radical (unpaired) electrons. The number of fused-ring (bicyclic) bond motifs is 1. The van der Waals surface area contributed by atoms with Crippen LogP contribution in [0.25, 0.3) is 6.08 Å². The molecule has 0 unspecified atom stereocenters. The van der Waals surface area contributed by atoms with Crippen molar-refractivity contribution in [2.24, 2.45) is 0 Å². The van der Waals surface area contributed by atoms with E-state index in [-0.39, 0.29) is 17.6 Å². The van der Waals surface area contributed by atoms with Gasteiger partial charge in [0.2, 0.25) is 11.8 Å². The molecule has 2 amide bonds. The Morgan fingerprint density at radius 1 is 1.12 bits per heavy atom. The summed E-state index contributed by atoms with van der Waals surface area (Å²) in [7, 11) is 0. The van der Waals surface area contributed by atoms with Gasteiger partial charge in [-0.25, -0.2) is 9.97 Å². The second kappa shape index (κ2) is 10.9. The molecule has 2 aromatic heterocycles. The van der Waals surface area contributed by atoms with Gasteiger partial charge in [0.05, 0.1) is 5.75 Å². The summed E-state index contributed by atoms with van der Waals surface area (Å²) < 4.78 is 0. The van der Waals surface area contributed by atoms with Crippen LogP contribution in [0.2, 0.25) is 0 Å². The van der Waals surface area contributed by atoms with Gasteiger partial charge >= 0.3 is 0 Å². The number of nitrogens with zero attached hydrogens (tertiary/aromatic N) is 4. The van der Waals surface area contributed by atoms with Crippen LogP contribution >= 0.6 is 11.8 Å². The van der Waals surface area contributed by atoms with Crippen molar-refractivity contribution in [1.82, 2.24) is 25.2 Å². The Balaban J connectivity index is 1.36. The molecule has 0 bridgehead atoms. The minimum absolute atomic E-state index is 0.0138. The van der Waals surface area contributed by atoms with E-state index in [2.05, 4.69) is 20.3 Å². The second-order valence-corrected chi connectivity index (χ2v) is 8.62. The summed E-state index contributed by atoms with van der Waals surface area (Å²) in [5.74, 6) is 0.157. The highest BCUT2D eigenvalue weighted by Gasteiger charge is 2.23. The summed E-state index contributed by atoms with van der Waals surface area (Å²) in [5.41, 5.74) is 5.14. The molecule has 33 heavy (non-hydrogen) atoms. The van der Waals surface area contributed by atoms with Crippen molar-refractivity contribution in [2.75, 3.05) is 12.3 Å². The van der Waals surface area contributed by atoms with Gasteiger partial charge in [-0.1, -0.05) is 42.1 Å². The van der Waals surface area contributed by atoms with Crippen LogP contribution in [-0.4, -0.2) is 44.0 Å². The standard InChI is InChI=1S/C25H25N5O2S/c1-18-22(15-29-23(31)17-33-25-26-11-5-12-27-25)21-10-13-30(16-20(21)14-28-18)24(32)9-8-19-6-3-2-4-7-19/h2-9,11-12,14H,10,13,15-17H2,1H3,(H,29,31). The lowest BCUT2D eigenvalue weighted by Gasteiger charge is -2.30. The molecule has 3 heterocycles. The third-order valence-corrected chi connectivity index (χ3v) is 6.34. The maximum absolute atomic E-state index is 12.7. The smallest absolute Gasteiger partial charge is 0.246 e. The van der Waals surface area contributed by atoms with E-state index in [0.29, 0.717) is 24.8 Å². The van der Waals surface area contributed by atoms with E-state index in [4.69, 9.17) is 0 Å². The van der Waals surface area contributed by atoms with E-state index in [9.17, 15) is 9.59 Å². The van der Waals surface area contributed by atoms with Crippen molar-refractivity contribution in [1.29, 1.82) is 0 Å². The molecule has 4 rings (SSSR count). The number of thioether (sulfide) groups is 1. The van der Waals surface area contributed by atoms with Gasteiger partial charge < -0.3 is 10.2 Å². The Morgan fingerprint density at radius 2 is 1.91 bits per heavy atom. The van der Waals surface area contributed by atoms with Gasteiger partial charge in [0.25, 0.3) is 0 Å². The minimum atomic E-state index is -0.0804. The summed E-state index contributed by atoms with van der Waals surface area (Å²) in [6.07, 6.45) is 9.36. The average Bonchev–Trinajstić information content (AvgIpc) is 2.86. The molecule has 1 aromatic carbocycles. The fourth-order valence-electron chi connectivity index (χ4n) is 3.71. The molecular weight excluding hydrogens is 434 g/mol. The fraction of sp³-hybridized carbons (Fsp3) is 0.240. The molecule has 168 valence electrons. The van der Waals surface area contributed by atoms with E-state index in [1.165, 1.54) is 17.3 Å². The predicted molar refractivity (Wildman–Crippen MR) is 128 cm³/mol. The summed E-state index contributed by atoms with van der Waals surface area (Å²) in [6.45, 7) is 3.52. The highest BCUT2D eigenvalue weighted by Crippen LogP contribution is 2.24. The number of rotatable bonds is 7. The van der Waals surface area contributed by atoms with E-state index in [1.807, 2.05) is 54.4 Å². The van der Waals surface area contributed by atoms with Crippen molar-refractivity contribution < 1.29 is 9.59 Å². The van der Waals surface area contributed by atoms with Crippen LogP contribution in [-0.2, 0) is 29.1 Å². The Morgan fingerprint density at radius 3 is 2.70 bits per heavy atom. The molecule has 1 aliphatic rings. The normalized spacial score (nSPS) is 13.1. The predicted octanol–water partition coefficient (Wildman–Crippen LogP) is 3.19. The fourth-order valence-corrected chi connectivity index (χ4v) is 4.34. The number of nitrogens with one attached hydrogen (secondary N) is 1. The summed E-state index contributed by atoms with van der Waals surface area (Å²) in [5, 5.41) is 3.56. The highest BCUT2D eigenvalue weighted by molar-refractivity contribution is 7.99. The molecule has 1 aliphatic heterocycles. The lowest BCUT2D eigenvalue weighted by molar-refractivity contribution is -0.126. The van der Waals surface area contributed by atoms with Crippen molar-refractivity contribution in [3.8, 4) is 0 Å². The van der Waals surface area contributed by atoms with E-state index in [0.717, 1.165) is 28.8 Å². The molecule has 0 aliphatic carbocycles. The van der Waals surface area contributed by atoms with Crippen LogP contribution in [0.4, 0.5) is 0 Å². The Labute approximate surface area is 197 Å². The minimum Gasteiger partial charge on any atom is -0.351 e. The first-order valence-electron chi connectivity index (χ1n) is 10.7. The van der Waals surface area contributed by atoms with Gasteiger partial charge in [0.15, 0.2) is 5.16 Å². The summed E-state index contributed by atoms with van der Waals surface area (Å²) >= 11 is 1.30. The van der Waals surface area contributed by atoms with Gasteiger partial charge in [0, 0.05) is 50.0 Å². The number of hydrogen-bond acceptors (Lipinski definition) is 6. The van der Waals surface area contributed by atoms with Crippen LogP contribution in [0.15, 0.2) is 66.2 Å². The second-order valence-electron chi connectivity index (χ2n) is 7.68. The van der Waals surface area contributed by atoms with Crippen molar-refractivity contribution in [3.63, 3.8) is 0 Å². The Hall–Kier alpha value is -3.52. The number of pyridine rings is 1. The summed E-state index contributed by atoms with van der Waals surface area (Å²) in [6, 6.07) is 11.5. The number of aromatic nitrogens is 3. The molecule has 0 atom stereocenters. The molecule has 1 N–H and O–H groups in total. The Bertz CT molecular complexity index is 1150. The number of carbonyl (C=O) groups is 2. The monoisotopic (exact) mass is 459 g/mol. The van der Waals surface area contributed by atoms with E-state index in [1.54, 1.807) is 24.5 Å². The van der Waals surface area contributed by atoms with Crippen LogP contribution in [0.3, 0.4) is 0 Å². The van der Waals surface area contributed by atoms with Gasteiger partial charge in [0.1, 0.15) is 0 Å². The average molecular weight is 460 g/mol. The maximum Gasteiger partial charge on any atom is 0.246 e. The largest absolute Gasteiger partial charge is 0.351 e. The number of aryl methyl sites for hydroxylation is 1. The lowest BCUT2D eigenvalue weighted by Crippen LogP contribution is -2.36. The SMILES string of the molecule is Cc1ncc2c(c1CNC(=O)CSc1ncccn1)CCN(C(=O)C=Cc1ccccc1)C2. The first-order valence-corrected chi connectivity index (χ1v) is 11.7. The Kier molecular flexibility index (Phi) is 7.47. The zero-order chi connectivity index (χ0) is 23.0. The third kappa shape index (κ3) is 6.04. The van der Waals surface area contributed by atoms with Crippen molar-refractivity contribution in [2.45, 2.75) is 31.6 Å². The van der Waals surface area contributed by atoms with E-state index < -0.39 is 0 Å². The topological polar surface area (TPSA) is 88.1 Å². The van der Waals surface area contributed by atoms with Crippen LogP contribution in [0, 0.1) is 6.92 Å². The number of hydrogen-bond donors (Lipinski definition) is 1. The molecule has 0 spiro atoms. The molecule has 0 saturated heterocycles. The van der Waals surface area contributed by atoms with Gasteiger partial charge in [-0.15, -0.1) is 0 Å². The van der Waals surface area contributed by atoms with Crippen molar-refractivity contribution in [3.05, 3.63) is 89.0 Å². The number of carbonyl (C=O) groups excluding carboxylic acids is 2. The molecular formula is C25H25N5O2S.